The quantitative estimate of drug-likeness (QED) is 0.200. The third-order valence-corrected chi connectivity index (χ3v) is 5.78. The topological polar surface area (TPSA) is 205 Å². The van der Waals surface area contributed by atoms with Crippen molar-refractivity contribution in [1.82, 2.24) is 0 Å². The predicted molar refractivity (Wildman–Crippen MR) is 110 cm³/mol. The molecule has 13 nitrogen and oxygen atoms in total. The molecule has 0 aromatic heterocycles. The average Bonchev–Trinajstić information content (AvgIpc) is 2.79. The minimum absolute atomic E-state index is 0.00608. The minimum atomic E-state index is -1.72. The van der Waals surface area contributed by atoms with Crippen molar-refractivity contribution in [3.63, 3.8) is 0 Å². The lowest BCUT2D eigenvalue weighted by atomic mass is 9.98. The van der Waals surface area contributed by atoms with Crippen LogP contribution in [-0.2, 0) is 14.2 Å². The van der Waals surface area contributed by atoms with Crippen molar-refractivity contribution in [1.29, 1.82) is 0 Å². The lowest BCUT2D eigenvalue weighted by Gasteiger charge is -2.42. The number of hydrogen-bond donors (Lipinski definition) is 7. The lowest BCUT2D eigenvalue weighted by molar-refractivity contribution is -0.318. The van der Waals surface area contributed by atoms with Crippen LogP contribution in [0.15, 0.2) is 12.1 Å². The first-order valence-electron chi connectivity index (χ1n) is 10.6. The molecule has 10 atom stereocenters. The van der Waals surface area contributed by atoms with Gasteiger partial charge in [-0.2, -0.15) is 0 Å². The Hall–Kier alpha value is -2.07. The molecule has 0 spiro atoms. The van der Waals surface area contributed by atoms with E-state index in [1.54, 1.807) is 0 Å². The van der Waals surface area contributed by atoms with Gasteiger partial charge >= 0.3 is 0 Å². The van der Waals surface area contributed by atoms with Crippen LogP contribution in [0.1, 0.15) is 24.2 Å². The third kappa shape index (κ3) is 5.27. The van der Waals surface area contributed by atoms with E-state index >= 15 is 0 Å². The highest BCUT2D eigenvalue weighted by molar-refractivity contribution is 5.99. The molecule has 0 aliphatic carbocycles. The fourth-order valence-corrected chi connectivity index (χ4v) is 3.79. The molecule has 1 aromatic rings. The van der Waals surface area contributed by atoms with E-state index in [2.05, 4.69) is 0 Å². The number of methoxy groups -OCH3 is 1. The van der Waals surface area contributed by atoms with Crippen LogP contribution in [0.3, 0.4) is 0 Å². The highest BCUT2D eigenvalue weighted by atomic mass is 16.7. The van der Waals surface area contributed by atoms with Gasteiger partial charge in [-0.1, -0.05) is 0 Å². The van der Waals surface area contributed by atoms with Gasteiger partial charge in [0.25, 0.3) is 0 Å². The van der Waals surface area contributed by atoms with Crippen molar-refractivity contribution in [2.75, 3.05) is 13.7 Å². The van der Waals surface area contributed by atoms with Gasteiger partial charge in [0.05, 0.1) is 19.8 Å². The lowest BCUT2D eigenvalue weighted by Crippen LogP contribution is -2.61. The van der Waals surface area contributed by atoms with E-state index in [0.29, 0.717) is 0 Å². The Kier molecular flexibility index (Phi) is 8.34. The summed E-state index contributed by atoms with van der Waals surface area (Å²) in [5.74, 6) is -0.953. The summed E-state index contributed by atoms with van der Waals surface area (Å²) in [7, 11) is 1.28. The molecule has 1 aromatic carbocycles. The summed E-state index contributed by atoms with van der Waals surface area (Å²) in [4.78, 5) is 11.7. The van der Waals surface area contributed by atoms with Gasteiger partial charge in [0.1, 0.15) is 65.5 Å². The molecule has 3 rings (SSSR count). The van der Waals surface area contributed by atoms with Crippen LogP contribution < -0.4 is 9.47 Å². The molecule has 0 bridgehead atoms. The fraction of sp³-hybridized carbons (Fsp3) is 0.667. The summed E-state index contributed by atoms with van der Waals surface area (Å²) in [6.45, 7) is 2.24. The standard InChI is InChI=1S/C21H30O13/c1-7(22)13-10(23)4-9(5-11(13)30-3)33-21-19(29)17(27)15(25)12(34-21)6-31-20-18(28)16(26)14(24)8(2)32-20/h4-5,8,12,14-21,23-29H,6H2,1-3H3/t8-,12+,14-,15+,16+,17-,18+,19+,20-,21+/m0/s1. The van der Waals surface area contributed by atoms with Crippen LogP contribution in [0.25, 0.3) is 0 Å². The number of aliphatic hydroxyl groups is 6. The minimum Gasteiger partial charge on any atom is -0.507 e. The van der Waals surface area contributed by atoms with E-state index in [-0.39, 0.29) is 17.1 Å². The molecule has 0 radical (unpaired) electrons. The number of hydrogen-bond acceptors (Lipinski definition) is 13. The van der Waals surface area contributed by atoms with E-state index in [1.807, 2.05) is 0 Å². The Labute approximate surface area is 194 Å². The van der Waals surface area contributed by atoms with Gasteiger partial charge in [-0.05, 0) is 13.8 Å². The Morgan fingerprint density at radius 1 is 0.912 bits per heavy atom. The second kappa shape index (κ2) is 10.7. The van der Waals surface area contributed by atoms with Crippen molar-refractivity contribution in [3.05, 3.63) is 17.7 Å². The average molecular weight is 490 g/mol. The summed E-state index contributed by atoms with van der Waals surface area (Å²) in [5.41, 5.74) is -0.0748. The fourth-order valence-electron chi connectivity index (χ4n) is 3.79. The van der Waals surface area contributed by atoms with Crippen molar-refractivity contribution in [2.24, 2.45) is 0 Å². The number of carbonyl (C=O) groups excluding carboxylic acids is 1. The summed E-state index contributed by atoms with van der Waals surface area (Å²) in [6.07, 6.45) is -14.5. The molecule has 13 heteroatoms. The monoisotopic (exact) mass is 490 g/mol. The van der Waals surface area contributed by atoms with E-state index in [4.69, 9.17) is 23.7 Å². The first-order valence-corrected chi connectivity index (χ1v) is 10.6. The molecule has 0 saturated carbocycles. The van der Waals surface area contributed by atoms with Crippen LogP contribution in [0.4, 0.5) is 0 Å². The molecule has 2 saturated heterocycles. The molecule has 7 N–H and O–H groups in total. The molecule has 2 aliphatic rings. The van der Waals surface area contributed by atoms with Gasteiger partial charge in [0.2, 0.25) is 6.29 Å². The van der Waals surface area contributed by atoms with Crippen LogP contribution >= 0.6 is 0 Å². The first-order chi connectivity index (χ1) is 16.0. The van der Waals surface area contributed by atoms with Crippen molar-refractivity contribution in [2.45, 2.75) is 75.3 Å². The Morgan fingerprint density at radius 2 is 1.53 bits per heavy atom. The van der Waals surface area contributed by atoms with E-state index in [0.717, 1.165) is 6.07 Å². The molecular formula is C21H30O13. The number of ether oxygens (including phenoxy) is 5. The summed E-state index contributed by atoms with van der Waals surface area (Å²) in [6, 6.07) is 2.37. The largest absolute Gasteiger partial charge is 0.507 e. The first kappa shape index (κ1) is 26.5. The van der Waals surface area contributed by atoms with Gasteiger partial charge in [-0.25, -0.2) is 0 Å². The molecule has 2 fully saturated rings. The van der Waals surface area contributed by atoms with E-state index in [9.17, 15) is 40.5 Å². The number of phenolic OH excluding ortho intramolecular Hbond substituents is 1. The molecule has 2 aliphatic heterocycles. The zero-order chi connectivity index (χ0) is 25.3. The molecule has 0 amide bonds. The van der Waals surface area contributed by atoms with Gasteiger partial charge in [0.15, 0.2) is 12.1 Å². The van der Waals surface area contributed by atoms with Gasteiger partial charge in [-0.15, -0.1) is 0 Å². The zero-order valence-corrected chi connectivity index (χ0v) is 18.7. The highest BCUT2D eigenvalue weighted by Crippen LogP contribution is 2.35. The van der Waals surface area contributed by atoms with Gasteiger partial charge in [-0.3, -0.25) is 4.79 Å². The number of aliphatic hydroxyl groups excluding tert-OH is 6. The third-order valence-electron chi connectivity index (χ3n) is 5.78. The summed E-state index contributed by atoms with van der Waals surface area (Å²) in [5, 5.41) is 70.7. The zero-order valence-electron chi connectivity index (χ0n) is 18.7. The Balaban J connectivity index is 1.72. The molecule has 192 valence electrons. The van der Waals surface area contributed by atoms with Crippen LogP contribution in [0, 0.1) is 0 Å². The second-order valence-corrected chi connectivity index (χ2v) is 8.22. The number of aromatic hydroxyl groups is 1. The predicted octanol–water partition coefficient (Wildman–Crippen LogP) is -2.37. The van der Waals surface area contributed by atoms with Gasteiger partial charge in [0, 0.05) is 12.1 Å². The maximum Gasteiger partial charge on any atom is 0.229 e. The maximum absolute atomic E-state index is 11.7. The van der Waals surface area contributed by atoms with Crippen molar-refractivity contribution in [3.8, 4) is 17.2 Å². The molecule has 2 heterocycles. The van der Waals surface area contributed by atoms with E-state index < -0.39 is 79.6 Å². The number of carbonyl (C=O) groups is 1. The number of benzene rings is 1. The van der Waals surface area contributed by atoms with Crippen molar-refractivity contribution < 1.29 is 64.2 Å². The Bertz CT molecular complexity index is 863. The molecule has 0 unspecified atom stereocenters. The number of ketones is 1. The van der Waals surface area contributed by atoms with Crippen LogP contribution in [-0.4, -0.2) is 117 Å². The number of rotatable bonds is 7. The maximum atomic E-state index is 11.7. The number of phenols is 1. The SMILES string of the molecule is COc1cc(O[C@@H]2O[C@H](CO[C@H]3O[C@@H](C)[C@H](O)[C@@H](O)[C@H]3O)[C@@H](O)[C@H](O)[C@H]2O)cc(O)c1C(C)=O. The molecular weight excluding hydrogens is 460 g/mol. The highest BCUT2D eigenvalue weighted by Gasteiger charge is 2.47. The van der Waals surface area contributed by atoms with E-state index in [1.165, 1.54) is 27.0 Å². The summed E-state index contributed by atoms with van der Waals surface area (Å²) < 4.78 is 26.9. The summed E-state index contributed by atoms with van der Waals surface area (Å²) >= 11 is 0. The second-order valence-electron chi connectivity index (χ2n) is 8.22. The Morgan fingerprint density at radius 3 is 2.15 bits per heavy atom. The smallest absolute Gasteiger partial charge is 0.229 e. The van der Waals surface area contributed by atoms with Crippen LogP contribution in [0.5, 0.6) is 17.2 Å². The van der Waals surface area contributed by atoms with Crippen molar-refractivity contribution >= 4 is 5.78 Å². The molecule has 34 heavy (non-hydrogen) atoms. The number of Topliss-reactive ketones (excluding diaryl/α,β-unsaturated/α-hetero) is 1. The van der Waals surface area contributed by atoms with Gasteiger partial charge < -0.3 is 59.4 Å². The normalized spacial score (nSPS) is 38.4. The van der Waals surface area contributed by atoms with Crippen LogP contribution in [0.2, 0.25) is 0 Å².